The van der Waals surface area contributed by atoms with Crippen molar-refractivity contribution in [2.24, 2.45) is 0 Å². The number of piperazine rings is 1. The molecule has 0 saturated carbocycles. The highest BCUT2D eigenvalue weighted by Crippen LogP contribution is 2.32. The number of carbonyl (C=O) groups is 2. The van der Waals surface area contributed by atoms with Crippen molar-refractivity contribution >= 4 is 23.6 Å². The normalized spacial score (nSPS) is 14.3. The van der Waals surface area contributed by atoms with Crippen LogP contribution in [0.5, 0.6) is 11.5 Å². The molecule has 0 aliphatic carbocycles. The maximum atomic E-state index is 12.9. The largest absolute Gasteiger partial charge is 0.497 e. The van der Waals surface area contributed by atoms with E-state index in [1.54, 1.807) is 29.2 Å². The zero-order valence-corrected chi connectivity index (χ0v) is 18.8. The van der Waals surface area contributed by atoms with Crippen molar-refractivity contribution < 1.29 is 37.0 Å². The number of carbonyl (C=O) groups excluding carboxylic acids is 2. The average Bonchev–Trinajstić information content (AvgIpc) is 2.85. The number of esters is 1. The molecule has 0 N–H and O–H groups in total. The Morgan fingerprint density at radius 3 is 2.38 bits per heavy atom. The van der Waals surface area contributed by atoms with Gasteiger partial charge in [0, 0.05) is 43.5 Å². The molecule has 1 saturated heterocycles. The number of anilines is 1. The third-order valence-electron chi connectivity index (χ3n) is 5.34. The number of amides is 1. The number of benzene rings is 2. The Bertz CT molecular complexity index is 1050. The van der Waals surface area contributed by atoms with Crippen molar-refractivity contribution in [3.05, 3.63) is 59.7 Å². The van der Waals surface area contributed by atoms with E-state index in [9.17, 15) is 22.8 Å². The van der Waals surface area contributed by atoms with Gasteiger partial charge in [-0.25, -0.2) is 4.79 Å². The molecule has 2 aromatic carbocycles. The summed E-state index contributed by atoms with van der Waals surface area (Å²) in [4.78, 5) is 27.8. The lowest BCUT2D eigenvalue weighted by Gasteiger charge is -2.36. The Morgan fingerprint density at radius 2 is 1.74 bits per heavy atom. The molecule has 0 aromatic heterocycles. The average molecular weight is 478 g/mol. The van der Waals surface area contributed by atoms with Crippen molar-refractivity contribution in [1.29, 1.82) is 0 Å². The number of methoxy groups -OCH3 is 2. The zero-order valence-electron chi connectivity index (χ0n) is 18.8. The molecule has 10 heteroatoms. The van der Waals surface area contributed by atoms with E-state index in [1.807, 2.05) is 0 Å². The van der Waals surface area contributed by atoms with Crippen LogP contribution in [0.2, 0.25) is 0 Å². The fourth-order valence-corrected chi connectivity index (χ4v) is 3.49. The van der Waals surface area contributed by atoms with E-state index < -0.39 is 24.3 Å². The Labute approximate surface area is 195 Å². The summed E-state index contributed by atoms with van der Waals surface area (Å²) in [7, 11) is 3.03. The van der Waals surface area contributed by atoms with Crippen LogP contribution in [0, 0.1) is 0 Å². The van der Waals surface area contributed by atoms with Crippen LogP contribution in [0.3, 0.4) is 0 Å². The Morgan fingerprint density at radius 1 is 1.00 bits per heavy atom. The summed E-state index contributed by atoms with van der Waals surface area (Å²) >= 11 is 0. The number of rotatable bonds is 7. The van der Waals surface area contributed by atoms with Gasteiger partial charge in [0.15, 0.2) is 6.61 Å². The van der Waals surface area contributed by atoms with Gasteiger partial charge in [-0.05, 0) is 42.5 Å². The van der Waals surface area contributed by atoms with Crippen LogP contribution >= 0.6 is 0 Å². The van der Waals surface area contributed by atoms with Crippen molar-refractivity contribution in [1.82, 2.24) is 4.90 Å². The monoisotopic (exact) mass is 478 g/mol. The maximum absolute atomic E-state index is 12.9. The number of alkyl halides is 3. The summed E-state index contributed by atoms with van der Waals surface area (Å²) in [6.45, 7) is 0.933. The van der Waals surface area contributed by atoms with E-state index in [-0.39, 0.29) is 5.91 Å². The molecule has 1 aliphatic rings. The minimum absolute atomic E-state index is 0.309. The van der Waals surface area contributed by atoms with E-state index in [4.69, 9.17) is 14.2 Å². The highest BCUT2D eigenvalue weighted by molar-refractivity contribution is 5.89. The van der Waals surface area contributed by atoms with E-state index in [2.05, 4.69) is 0 Å². The lowest BCUT2D eigenvalue weighted by molar-refractivity contribution is -0.148. The first-order chi connectivity index (χ1) is 16.2. The van der Waals surface area contributed by atoms with Crippen molar-refractivity contribution in [3.63, 3.8) is 0 Å². The molecular formula is C24H25F3N2O5. The summed E-state index contributed by atoms with van der Waals surface area (Å²) in [5.41, 5.74) is 0.345. The maximum Gasteiger partial charge on any atom is 0.416 e. The number of halogens is 3. The van der Waals surface area contributed by atoms with Gasteiger partial charge >= 0.3 is 12.1 Å². The van der Waals surface area contributed by atoms with Crippen molar-refractivity contribution in [3.8, 4) is 11.5 Å². The molecule has 0 unspecified atom stereocenters. The summed E-state index contributed by atoms with van der Waals surface area (Å²) in [5, 5.41) is 0. The van der Waals surface area contributed by atoms with E-state index in [0.717, 1.165) is 12.1 Å². The first kappa shape index (κ1) is 24.9. The molecular weight excluding hydrogens is 453 g/mol. The second-order valence-electron chi connectivity index (χ2n) is 7.46. The van der Waals surface area contributed by atoms with Gasteiger partial charge in [-0.2, -0.15) is 13.2 Å². The predicted octanol–water partition coefficient (Wildman–Crippen LogP) is 3.63. The zero-order chi connectivity index (χ0) is 24.7. The standard InChI is InChI=1S/C24H25F3N2O5/c1-32-20-7-8-21(33-2)17(14-20)6-9-23(31)34-16-22(30)29-12-10-28(11-13-29)19-5-3-4-18(15-19)24(25,26)27/h3-9,14-15H,10-13,16H2,1-2H3/b9-6+. The summed E-state index contributed by atoms with van der Waals surface area (Å²) in [6, 6.07) is 10.2. The Kier molecular flexibility index (Phi) is 8.04. The van der Waals surface area contributed by atoms with E-state index in [1.165, 1.54) is 37.3 Å². The van der Waals surface area contributed by atoms with Gasteiger partial charge in [-0.15, -0.1) is 0 Å². The van der Waals surface area contributed by atoms with Gasteiger partial charge in [-0.3, -0.25) is 4.79 Å². The van der Waals surface area contributed by atoms with Crippen LogP contribution in [-0.4, -0.2) is 63.8 Å². The quantitative estimate of drug-likeness (QED) is 0.447. The number of hydrogen-bond acceptors (Lipinski definition) is 6. The fraction of sp³-hybridized carbons (Fsp3) is 0.333. The smallest absolute Gasteiger partial charge is 0.416 e. The van der Waals surface area contributed by atoms with Crippen LogP contribution in [0.15, 0.2) is 48.5 Å². The van der Waals surface area contributed by atoms with Gasteiger partial charge < -0.3 is 24.0 Å². The molecule has 1 fully saturated rings. The summed E-state index contributed by atoms with van der Waals surface area (Å²) in [5.74, 6) is 0.0677. The number of hydrogen-bond donors (Lipinski definition) is 0. The van der Waals surface area contributed by atoms with Crippen LogP contribution in [0.25, 0.3) is 6.08 Å². The highest BCUT2D eigenvalue weighted by atomic mass is 19.4. The van der Waals surface area contributed by atoms with Gasteiger partial charge in [0.2, 0.25) is 0 Å². The molecule has 0 bridgehead atoms. The molecule has 2 aromatic rings. The van der Waals surface area contributed by atoms with Gasteiger partial charge in [0.05, 0.1) is 19.8 Å². The van der Waals surface area contributed by atoms with Crippen molar-refractivity contribution in [2.45, 2.75) is 6.18 Å². The van der Waals surface area contributed by atoms with Crippen molar-refractivity contribution in [2.75, 3.05) is 51.9 Å². The highest BCUT2D eigenvalue weighted by Gasteiger charge is 2.31. The Balaban J connectivity index is 1.49. The van der Waals surface area contributed by atoms with Gasteiger partial charge in [0.1, 0.15) is 11.5 Å². The molecule has 0 atom stereocenters. The minimum atomic E-state index is -4.41. The molecule has 1 aliphatic heterocycles. The first-order valence-corrected chi connectivity index (χ1v) is 10.5. The molecule has 7 nitrogen and oxygen atoms in total. The molecule has 0 radical (unpaired) electrons. The first-order valence-electron chi connectivity index (χ1n) is 10.5. The predicted molar refractivity (Wildman–Crippen MR) is 120 cm³/mol. The Hall–Kier alpha value is -3.69. The third-order valence-corrected chi connectivity index (χ3v) is 5.34. The molecule has 182 valence electrons. The van der Waals surface area contributed by atoms with Crippen LogP contribution in [-0.2, 0) is 20.5 Å². The second-order valence-corrected chi connectivity index (χ2v) is 7.46. The molecule has 1 heterocycles. The van der Waals surface area contributed by atoms with E-state index in [0.29, 0.717) is 48.9 Å². The second kappa shape index (κ2) is 11.0. The molecule has 34 heavy (non-hydrogen) atoms. The van der Waals surface area contributed by atoms with Crippen LogP contribution in [0.4, 0.5) is 18.9 Å². The molecule has 0 spiro atoms. The SMILES string of the molecule is COc1ccc(OC)c(/C=C/C(=O)OCC(=O)N2CCN(c3cccc(C(F)(F)F)c3)CC2)c1. The van der Waals surface area contributed by atoms with Crippen LogP contribution < -0.4 is 14.4 Å². The molecule has 3 rings (SSSR count). The topological polar surface area (TPSA) is 68.3 Å². The number of nitrogens with zero attached hydrogens (tertiary/aromatic N) is 2. The van der Waals surface area contributed by atoms with Crippen LogP contribution in [0.1, 0.15) is 11.1 Å². The van der Waals surface area contributed by atoms with Gasteiger partial charge in [0.25, 0.3) is 5.91 Å². The van der Waals surface area contributed by atoms with Gasteiger partial charge in [-0.1, -0.05) is 6.07 Å². The lowest BCUT2D eigenvalue weighted by Crippen LogP contribution is -2.49. The summed E-state index contributed by atoms with van der Waals surface area (Å²) < 4.78 is 54.3. The fourth-order valence-electron chi connectivity index (χ4n) is 3.49. The minimum Gasteiger partial charge on any atom is -0.497 e. The number of ether oxygens (including phenoxy) is 3. The van der Waals surface area contributed by atoms with E-state index >= 15 is 0 Å². The lowest BCUT2D eigenvalue weighted by atomic mass is 10.1. The summed E-state index contributed by atoms with van der Waals surface area (Å²) in [6.07, 6.45) is -1.72. The third kappa shape index (κ3) is 6.43. The molecule has 1 amide bonds.